The molecule has 3 aromatic rings. The van der Waals surface area contributed by atoms with E-state index in [2.05, 4.69) is 16.7 Å². The Balaban J connectivity index is 1.68. The van der Waals surface area contributed by atoms with Crippen LogP contribution in [0.25, 0.3) is 22.4 Å². The Morgan fingerprint density at radius 3 is 2.55 bits per heavy atom. The van der Waals surface area contributed by atoms with Crippen LogP contribution in [0.15, 0.2) is 34.1 Å². The Morgan fingerprint density at radius 2 is 1.90 bits per heavy atom. The predicted octanol–water partition coefficient (Wildman–Crippen LogP) is 4.15. The highest BCUT2D eigenvalue weighted by Gasteiger charge is 2.30. The third kappa shape index (κ3) is 6.30. The number of nitrogens with one attached hydrogen (secondary N) is 1. The molecule has 1 N–H and O–H groups in total. The number of hydrogen-bond donors (Lipinski definition) is 1. The Kier molecular flexibility index (Phi) is 9.46. The van der Waals surface area contributed by atoms with E-state index in [1.165, 1.54) is 16.4 Å². The number of piperidine rings is 1. The molecule has 0 unspecified atom stereocenters. The summed E-state index contributed by atoms with van der Waals surface area (Å²) in [5.41, 5.74) is 2.20. The Labute approximate surface area is 233 Å². The van der Waals surface area contributed by atoms with Gasteiger partial charge in [0.25, 0.3) is 10.6 Å². The van der Waals surface area contributed by atoms with Crippen LogP contribution in [0.4, 0.5) is 0 Å². The summed E-state index contributed by atoms with van der Waals surface area (Å²) in [6, 6.07) is 4.67. The second-order valence-corrected chi connectivity index (χ2v) is 11.9. The second-order valence-electron chi connectivity index (χ2n) is 10.0. The van der Waals surface area contributed by atoms with Gasteiger partial charge >= 0.3 is 0 Å². The minimum absolute atomic E-state index is 0.00412. The first-order valence-electron chi connectivity index (χ1n) is 13.9. The zero-order chi connectivity index (χ0) is 28.9. The normalized spacial score (nSPS) is 15.0. The third-order valence-corrected chi connectivity index (χ3v) is 9.15. The maximum atomic E-state index is 13.6. The molecule has 12 nitrogen and oxygen atoms in total. The van der Waals surface area contributed by atoms with E-state index >= 15 is 0 Å². The average Bonchev–Trinajstić information content (AvgIpc) is 3.30. The Bertz CT molecular complexity index is 1510. The molecule has 1 fully saturated rings. The number of fused-ring (bicyclic) bond motifs is 1. The van der Waals surface area contributed by atoms with E-state index in [1.54, 1.807) is 6.07 Å². The first-order chi connectivity index (χ1) is 19.2. The van der Waals surface area contributed by atoms with Gasteiger partial charge in [0.1, 0.15) is 17.1 Å². The molecular weight excluding hydrogens is 538 g/mol. The van der Waals surface area contributed by atoms with Crippen LogP contribution < -0.4 is 10.3 Å². The molecule has 4 rings (SSSR count). The van der Waals surface area contributed by atoms with Crippen molar-refractivity contribution in [3.63, 3.8) is 0 Å². The molecule has 1 aliphatic rings. The molecule has 1 aliphatic heterocycles. The van der Waals surface area contributed by atoms with Crippen molar-refractivity contribution in [2.24, 2.45) is 5.92 Å². The number of sulfonamides is 1. The van der Waals surface area contributed by atoms with Gasteiger partial charge in [-0.05, 0) is 68.7 Å². The van der Waals surface area contributed by atoms with Crippen LogP contribution in [0.1, 0.15) is 58.4 Å². The van der Waals surface area contributed by atoms with E-state index in [-0.39, 0.29) is 28.8 Å². The molecule has 40 heavy (non-hydrogen) atoms. The van der Waals surface area contributed by atoms with Crippen molar-refractivity contribution in [2.75, 3.05) is 26.3 Å². The lowest BCUT2D eigenvalue weighted by molar-refractivity contribution is -0.758. The molecule has 218 valence electrons. The van der Waals surface area contributed by atoms with Gasteiger partial charge in [-0.2, -0.15) is 4.31 Å². The highest BCUT2D eigenvalue weighted by atomic mass is 32.2. The van der Waals surface area contributed by atoms with Gasteiger partial charge in [0, 0.05) is 25.8 Å². The summed E-state index contributed by atoms with van der Waals surface area (Å²) < 4.78 is 36.5. The average molecular weight is 576 g/mol. The lowest BCUT2D eigenvalue weighted by atomic mass is 9.95. The second kappa shape index (κ2) is 12.8. The lowest BCUT2D eigenvalue weighted by Gasteiger charge is -2.31. The summed E-state index contributed by atoms with van der Waals surface area (Å²) in [7, 11) is -3.84. The number of benzene rings is 1. The molecule has 0 aliphatic carbocycles. The maximum absolute atomic E-state index is 13.6. The van der Waals surface area contributed by atoms with Crippen LogP contribution in [-0.4, -0.2) is 58.6 Å². The maximum Gasteiger partial charge on any atom is 0.294 e. The summed E-state index contributed by atoms with van der Waals surface area (Å²) in [5.74, 6) is 0.858. The summed E-state index contributed by atoms with van der Waals surface area (Å²) in [6.45, 7) is 7.68. The highest BCUT2D eigenvalue weighted by Crippen LogP contribution is 2.34. The molecule has 1 saturated heterocycles. The van der Waals surface area contributed by atoms with E-state index in [9.17, 15) is 23.3 Å². The Morgan fingerprint density at radius 1 is 1.15 bits per heavy atom. The van der Waals surface area contributed by atoms with Crippen molar-refractivity contribution in [3.8, 4) is 17.1 Å². The summed E-state index contributed by atoms with van der Waals surface area (Å²) in [5, 5.41) is 9.59. The molecule has 1 aromatic carbocycles. The SMILES string of the molecule is CCCOc1ccc(S(=O)(=O)N2CCC(CCO[N+](=O)[O-])CC2)cc1-c1nc2c(CCC)cn(CC)c2c(=O)[nH]1. The van der Waals surface area contributed by atoms with Crippen molar-refractivity contribution in [2.45, 2.75) is 70.7 Å². The van der Waals surface area contributed by atoms with Crippen molar-refractivity contribution >= 4 is 21.1 Å². The quantitative estimate of drug-likeness (QED) is 0.236. The van der Waals surface area contributed by atoms with Crippen LogP contribution >= 0.6 is 0 Å². The van der Waals surface area contributed by atoms with Gasteiger partial charge in [0.05, 0.1) is 29.2 Å². The monoisotopic (exact) mass is 575 g/mol. The van der Waals surface area contributed by atoms with Gasteiger partial charge in [-0.3, -0.25) is 4.79 Å². The molecule has 0 atom stereocenters. The molecular formula is C27H37N5O7S. The summed E-state index contributed by atoms with van der Waals surface area (Å²) in [4.78, 5) is 35.8. The van der Waals surface area contributed by atoms with Crippen molar-refractivity contribution in [1.82, 2.24) is 18.8 Å². The molecule has 2 aromatic heterocycles. The van der Waals surface area contributed by atoms with Gasteiger partial charge in [-0.1, -0.05) is 20.3 Å². The fourth-order valence-electron chi connectivity index (χ4n) is 5.17. The van der Waals surface area contributed by atoms with Gasteiger partial charge < -0.3 is 19.1 Å². The van der Waals surface area contributed by atoms with Crippen molar-refractivity contribution in [1.29, 1.82) is 0 Å². The number of aromatic nitrogens is 3. The van der Waals surface area contributed by atoms with E-state index in [0.29, 0.717) is 67.8 Å². The number of nitrogens with zero attached hydrogens (tertiary/aromatic N) is 4. The molecule has 0 spiro atoms. The topological polar surface area (TPSA) is 150 Å². The van der Waals surface area contributed by atoms with Crippen LogP contribution in [0.5, 0.6) is 5.75 Å². The molecule has 0 amide bonds. The zero-order valence-electron chi connectivity index (χ0n) is 23.2. The Hall–Kier alpha value is -3.45. The minimum atomic E-state index is -3.84. The number of rotatable bonds is 13. The van der Waals surface area contributed by atoms with Gasteiger partial charge in [-0.25, -0.2) is 13.4 Å². The van der Waals surface area contributed by atoms with Gasteiger partial charge in [0.2, 0.25) is 10.0 Å². The minimum Gasteiger partial charge on any atom is -0.493 e. The largest absolute Gasteiger partial charge is 0.493 e. The molecule has 0 radical (unpaired) electrons. The van der Waals surface area contributed by atoms with E-state index in [1.807, 2.05) is 24.6 Å². The first kappa shape index (κ1) is 29.5. The first-order valence-corrected chi connectivity index (χ1v) is 15.3. The van der Waals surface area contributed by atoms with E-state index in [0.717, 1.165) is 24.8 Å². The van der Waals surface area contributed by atoms with Crippen LogP contribution in [0.3, 0.4) is 0 Å². The van der Waals surface area contributed by atoms with Crippen molar-refractivity contribution < 1.29 is 23.1 Å². The molecule has 0 bridgehead atoms. The van der Waals surface area contributed by atoms with Gasteiger partial charge in [-0.15, -0.1) is 10.1 Å². The van der Waals surface area contributed by atoms with E-state index < -0.39 is 15.1 Å². The number of H-pyrrole nitrogens is 1. The predicted molar refractivity (Wildman–Crippen MR) is 150 cm³/mol. The van der Waals surface area contributed by atoms with E-state index in [4.69, 9.17) is 9.72 Å². The number of ether oxygens (including phenoxy) is 1. The summed E-state index contributed by atoms with van der Waals surface area (Å²) >= 11 is 0. The number of hydrogen-bond acceptors (Lipinski definition) is 8. The standard InChI is InChI=1S/C27H37N5O7S/c1-4-7-20-18-30(6-3)25-24(20)28-26(29-27(25)33)22-17-21(8-9-23(22)38-15-5-2)40(36,37)31-13-10-19(11-14-31)12-16-39-32(34)35/h8-9,17-19H,4-7,10-16H2,1-3H3,(H,28,29,33). The van der Waals surface area contributed by atoms with Crippen LogP contribution in [-0.2, 0) is 27.8 Å². The zero-order valence-corrected chi connectivity index (χ0v) is 24.0. The molecule has 0 saturated carbocycles. The molecule has 13 heteroatoms. The van der Waals surface area contributed by atoms with Gasteiger partial charge in [0.15, 0.2) is 0 Å². The highest BCUT2D eigenvalue weighted by molar-refractivity contribution is 7.89. The summed E-state index contributed by atoms with van der Waals surface area (Å²) in [6.07, 6.45) is 6.05. The molecule has 3 heterocycles. The third-order valence-electron chi connectivity index (χ3n) is 7.26. The van der Waals surface area contributed by atoms with Crippen LogP contribution in [0.2, 0.25) is 0 Å². The fraction of sp³-hybridized carbons (Fsp3) is 0.556. The fourth-order valence-corrected chi connectivity index (χ4v) is 6.67. The lowest BCUT2D eigenvalue weighted by Crippen LogP contribution is -2.38. The number of aromatic amines is 1. The smallest absolute Gasteiger partial charge is 0.294 e. The van der Waals surface area contributed by atoms with Crippen molar-refractivity contribution in [3.05, 3.63) is 50.4 Å². The van der Waals surface area contributed by atoms with Crippen LogP contribution in [0, 0.1) is 16.0 Å². The number of aryl methyl sites for hydroxylation is 2.